The van der Waals surface area contributed by atoms with Gasteiger partial charge >= 0.3 is 11.6 Å². The number of amides is 1. The quantitative estimate of drug-likeness (QED) is 0.559. The maximum absolute atomic E-state index is 12.2. The summed E-state index contributed by atoms with van der Waals surface area (Å²) in [6, 6.07) is 14.6. The van der Waals surface area contributed by atoms with Crippen LogP contribution in [0, 0.1) is 0 Å². The lowest BCUT2D eigenvalue weighted by Crippen LogP contribution is -2.31. The van der Waals surface area contributed by atoms with E-state index in [1.165, 1.54) is 13.0 Å². The van der Waals surface area contributed by atoms with Gasteiger partial charge in [0.25, 0.3) is 5.91 Å². The molecule has 0 unspecified atom stereocenters. The maximum Gasteiger partial charge on any atom is 0.351 e. The first-order valence-corrected chi connectivity index (χ1v) is 8.12. The molecule has 3 aromatic rings. The van der Waals surface area contributed by atoms with Gasteiger partial charge in [0.15, 0.2) is 6.10 Å². The van der Waals surface area contributed by atoms with Crippen LogP contribution < -0.4 is 10.9 Å². The Kier molecular flexibility index (Phi) is 5.04. The fourth-order valence-corrected chi connectivity index (χ4v) is 2.38. The van der Waals surface area contributed by atoms with Crippen molar-refractivity contribution in [3.8, 4) is 0 Å². The Morgan fingerprint density at radius 3 is 2.54 bits per heavy atom. The summed E-state index contributed by atoms with van der Waals surface area (Å²) in [6.45, 7) is 1.41. The number of para-hydroxylation sites is 1. The fourth-order valence-electron chi connectivity index (χ4n) is 2.26. The molecule has 0 saturated heterocycles. The predicted molar refractivity (Wildman–Crippen MR) is 97.4 cm³/mol. The number of carbonyl (C=O) groups is 2. The molecule has 0 aliphatic heterocycles. The molecule has 1 N–H and O–H groups in total. The molecule has 1 aromatic heterocycles. The number of halogens is 1. The van der Waals surface area contributed by atoms with Gasteiger partial charge < -0.3 is 14.5 Å². The van der Waals surface area contributed by atoms with Gasteiger partial charge in [0, 0.05) is 16.1 Å². The Morgan fingerprint density at radius 2 is 1.81 bits per heavy atom. The summed E-state index contributed by atoms with van der Waals surface area (Å²) in [5, 5.41) is 3.71. The molecule has 0 bridgehead atoms. The van der Waals surface area contributed by atoms with Crippen molar-refractivity contribution in [1.29, 1.82) is 0 Å². The van der Waals surface area contributed by atoms with Gasteiger partial charge in [-0.25, -0.2) is 9.59 Å². The van der Waals surface area contributed by atoms with E-state index in [9.17, 15) is 14.4 Å². The van der Waals surface area contributed by atoms with Crippen LogP contribution in [0.5, 0.6) is 0 Å². The fraction of sp³-hybridized carbons (Fsp3) is 0.105. The number of hydrogen-bond donors (Lipinski definition) is 1. The van der Waals surface area contributed by atoms with Crippen molar-refractivity contribution < 1.29 is 18.7 Å². The lowest BCUT2D eigenvalue weighted by Gasteiger charge is -2.13. The molecule has 6 nitrogen and oxygen atoms in total. The summed E-state index contributed by atoms with van der Waals surface area (Å²) in [5.74, 6) is -1.46. The minimum Gasteiger partial charge on any atom is -0.449 e. The zero-order chi connectivity index (χ0) is 18.7. The number of nitrogens with one attached hydrogen (secondary N) is 1. The van der Waals surface area contributed by atoms with Gasteiger partial charge in [0.05, 0.1) is 0 Å². The Labute approximate surface area is 153 Å². The summed E-state index contributed by atoms with van der Waals surface area (Å²) < 4.78 is 10.2. The molecular formula is C19H14ClNO5. The first-order valence-electron chi connectivity index (χ1n) is 7.74. The van der Waals surface area contributed by atoms with Crippen molar-refractivity contribution >= 4 is 40.1 Å². The molecule has 1 atom stereocenters. The predicted octanol–water partition coefficient (Wildman–Crippen LogP) is 3.63. The van der Waals surface area contributed by atoms with E-state index in [0.717, 1.165) is 0 Å². The van der Waals surface area contributed by atoms with E-state index in [2.05, 4.69) is 5.32 Å². The van der Waals surface area contributed by atoms with Gasteiger partial charge in [-0.15, -0.1) is 0 Å². The molecule has 26 heavy (non-hydrogen) atoms. The van der Waals surface area contributed by atoms with Gasteiger partial charge in [0.1, 0.15) is 11.1 Å². The van der Waals surface area contributed by atoms with Crippen molar-refractivity contribution in [2.75, 3.05) is 5.32 Å². The summed E-state index contributed by atoms with van der Waals surface area (Å²) in [6.07, 6.45) is -1.11. The number of fused-ring (bicyclic) bond motifs is 1. The number of esters is 1. The van der Waals surface area contributed by atoms with Crippen LogP contribution in [0.4, 0.5) is 5.69 Å². The van der Waals surface area contributed by atoms with Crippen molar-refractivity contribution in [1.82, 2.24) is 0 Å². The summed E-state index contributed by atoms with van der Waals surface area (Å²) in [5.41, 5.74) is -0.219. The van der Waals surface area contributed by atoms with Crippen LogP contribution >= 0.6 is 11.6 Å². The van der Waals surface area contributed by atoms with Crippen LogP contribution in [-0.2, 0) is 9.53 Å². The lowest BCUT2D eigenvalue weighted by molar-refractivity contribution is -0.123. The largest absolute Gasteiger partial charge is 0.449 e. The van der Waals surface area contributed by atoms with Gasteiger partial charge in [-0.05, 0) is 43.3 Å². The molecule has 132 valence electrons. The SMILES string of the molecule is C[C@H](OC(=O)c1cc2ccccc2oc1=O)C(=O)Nc1ccc(Cl)cc1. The summed E-state index contributed by atoms with van der Waals surface area (Å²) >= 11 is 5.78. The standard InChI is InChI=1S/C19H14ClNO5/c1-11(17(22)21-14-8-6-13(20)7-9-14)25-18(23)15-10-12-4-2-3-5-16(12)26-19(15)24/h2-11H,1H3,(H,21,22)/t11-/m0/s1. The average Bonchev–Trinajstić information content (AvgIpc) is 2.62. The molecular weight excluding hydrogens is 358 g/mol. The number of anilines is 1. The summed E-state index contributed by atoms with van der Waals surface area (Å²) in [4.78, 5) is 36.3. The number of carbonyl (C=O) groups excluding carboxylic acids is 2. The second kappa shape index (κ2) is 7.41. The van der Waals surface area contributed by atoms with E-state index in [1.54, 1.807) is 48.5 Å². The first-order chi connectivity index (χ1) is 12.4. The van der Waals surface area contributed by atoms with Crippen LogP contribution in [-0.4, -0.2) is 18.0 Å². The molecule has 0 radical (unpaired) electrons. The Bertz CT molecular complexity index is 1030. The van der Waals surface area contributed by atoms with Crippen molar-refractivity contribution in [2.24, 2.45) is 0 Å². The molecule has 7 heteroatoms. The first kappa shape index (κ1) is 17.7. The molecule has 0 saturated carbocycles. The minimum atomic E-state index is -1.11. The molecule has 0 fully saturated rings. The highest BCUT2D eigenvalue weighted by Crippen LogP contribution is 2.15. The molecule has 0 aliphatic carbocycles. The van der Waals surface area contributed by atoms with Gasteiger partial charge in [-0.1, -0.05) is 29.8 Å². The highest BCUT2D eigenvalue weighted by molar-refractivity contribution is 6.30. The highest BCUT2D eigenvalue weighted by atomic mass is 35.5. The zero-order valence-electron chi connectivity index (χ0n) is 13.7. The third kappa shape index (κ3) is 3.92. The van der Waals surface area contributed by atoms with E-state index < -0.39 is 23.6 Å². The van der Waals surface area contributed by atoms with E-state index in [-0.39, 0.29) is 5.56 Å². The highest BCUT2D eigenvalue weighted by Gasteiger charge is 2.22. The van der Waals surface area contributed by atoms with E-state index in [4.69, 9.17) is 20.8 Å². The summed E-state index contributed by atoms with van der Waals surface area (Å²) in [7, 11) is 0. The van der Waals surface area contributed by atoms with E-state index in [1.807, 2.05) is 0 Å². The molecule has 0 spiro atoms. The minimum absolute atomic E-state index is 0.269. The molecule has 1 heterocycles. The normalized spacial score (nSPS) is 11.8. The zero-order valence-corrected chi connectivity index (χ0v) is 14.4. The number of benzene rings is 2. The van der Waals surface area contributed by atoms with Crippen molar-refractivity contribution in [3.05, 3.63) is 75.6 Å². The number of hydrogen-bond acceptors (Lipinski definition) is 5. The lowest BCUT2D eigenvalue weighted by atomic mass is 10.2. The third-order valence-electron chi connectivity index (χ3n) is 3.63. The van der Waals surface area contributed by atoms with Crippen molar-refractivity contribution in [2.45, 2.75) is 13.0 Å². The number of ether oxygens (including phenoxy) is 1. The monoisotopic (exact) mass is 371 g/mol. The smallest absolute Gasteiger partial charge is 0.351 e. The van der Waals surface area contributed by atoms with Crippen LogP contribution in [0.15, 0.2) is 63.8 Å². The van der Waals surface area contributed by atoms with Crippen LogP contribution in [0.25, 0.3) is 11.0 Å². The van der Waals surface area contributed by atoms with E-state index >= 15 is 0 Å². The van der Waals surface area contributed by atoms with Gasteiger partial charge in [0.2, 0.25) is 0 Å². The van der Waals surface area contributed by atoms with Gasteiger partial charge in [-0.2, -0.15) is 0 Å². The van der Waals surface area contributed by atoms with Crippen LogP contribution in [0.1, 0.15) is 17.3 Å². The molecule has 1 amide bonds. The third-order valence-corrected chi connectivity index (χ3v) is 3.88. The molecule has 0 aliphatic rings. The topological polar surface area (TPSA) is 85.6 Å². The van der Waals surface area contributed by atoms with Crippen LogP contribution in [0.2, 0.25) is 5.02 Å². The second-order valence-corrected chi connectivity index (χ2v) is 5.97. The van der Waals surface area contributed by atoms with Crippen LogP contribution in [0.3, 0.4) is 0 Å². The molecule has 3 rings (SSSR count). The second-order valence-electron chi connectivity index (χ2n) is 5.53. The Morgan fingerprint density at radius 1 is 1.12 bits per heavy atom. The van der Waals surface area contributed by atoms with Crippen molar-refractivity contribution in [3.63, 3.8) is 0 Å². The Hall–Kier alpha value is -3.12. The average molecular weight is 372 g/mol. The van der Waals surface area contributed by atoms with Gasteiger partial charge in [-0.3, -0.25) is 4.79 Å². The molecule has 2 aromatic carbocycles. The van der Waals surface area contributed by atoms with E-state index in [0.29, 0.717) is 21.7 Å². The Balaban J connectivity index is 1.72. The maximum atomic E-state index is 12.2. The number of rotatable bonds is 4.